The summed E-state index contributed by atoms with van der Waals surface area (Å²) in [4.78, 5) is 8.33. The third-order valence-electron chi connectivity index (χ3n) is 2.34. The van der Waals surface area contributed by atoms with Gasteiger partial charge in [-0.3, -0.25) is 0 Å². The van der Waals surface area contributed by atoms with E-state index in [4.69, 9.17) is 10.8 Å². The van der Waals surface area contributed by atoms with Crippen LogP contribution in [-0.2, 0) is 6.61 Å². The van der Waals surface area contributed by atoms with Crippen LogP contribution in [0.25, 0.3) is 11.4 Å². The number of anilines is 1. The average molecular weight is 215 g/mol. The monoisotopic (exact) mass is 215 g/mol. The Bertz CT molecular complexity index is 511. The van der Waals surface area contributed by atoms with Gasteiger partial charge in [0, 0.05) is 17.3 Å². The molecule has 0 amide bonds. The van der Waals surface area contributed by atoms with Gasteiger partial charge in [-0.1, -0.05) is 23.8 Å². The van der Waals surface area contributed by atoms with Gasteiger partial charge in [0.25, 0.3) is 0 Å². The van der Waals surface area contributed by atoms with Crippen LogP contribution in [0.4, 0.5) is 5.82 Å². The maximum absolute atomic E-state index is 8.96. The summed E-state index contributed by atoms with van der Waals surface area (Å²) in [6.07, 6.45) is 1.56. The number of hydrogen-bond donors (Lipinski definition) is 2. The zero-order valence-corrected chi connectivity index (χ0v) is 9.01. The number of aliphatic hydroxyl groups is 1. The zero-order valence-electron chi connectivity index (χ0n) is 9.01. The van der Waals surface area contributed by atoms with Gasteiger partial charge in [0.15, 0.2) is 5.82 Å². The molecular formula is C12H13N3O. The van der Waals surface area contributed by atoms with Crippen LogP contribution in [-0.4, -0.2) is 15.1 Å². The number of aliphatic hydroxyl groups excluding tert-OH is 1. The van der Waals surface area contributed by atoms with Crippen molar-refractivity contribution in [3.63, 3.8) is 0 Å². The van der Waals surface area contributed by atoms with Crippen LogP contribution in [0.15, 0.2) is 30.5 Å². The molecule has 0 spiro atoms. The predicted octanol–water partition coefficient (Wildman–Crippen LogP) is 1.53. The number of nitrogen functional groups attached to an aromatic ring is 1. The van der Waals surface area contributed by atoms with Crippen LogP contribution >= 0.6 is 0 Å². The van der Waals surface area contributed by atoms with Crippen LogP contribution in [0, 0.1) is 6.92 Å². The summed E-state index contributed by atoms with van der Waals surface area (Å²) in [5.74, 6) is 0.910. The number of nitrogens with two attached hydrogens (primary N) is 1. The van der Waals surface area contributed by atoms with Crippen LogP contribution in [0.2, 0.25) is 0 Å². The number of aryl methyl sites for hydroxylation is 1. The maximum atomic E-state index is 8.96. The Hall–Kier alpha value is -1.94. The molecule has 0 radical (unpaired) electrons. The van der Waals surface area contributed by atoms with E-state index in [2.05, 4.69) is 9.97 Å². The summed E-state index contributed by atoms with van der Waals surface area (Å²) in [6.45, 7) is 1.87. The van der Waals surface area contributed by atoms with E-state index in [1.54, 1.807) is 6.20 Å². The molecule has 4 heteroatoms. The second-order valence-corrected chi connectivity index (χ2v) is 3.63. The van der Waals surface area contributed by atoms with Gasteiger partial charge in [-0.2, -0.15) is 0 Å². The normalized spacial score (nSPS) is 10.4. The fourth-order valence-corrected chi connectivity index (χ4v) is 1.47. The van der Waals surface area contributed by atoms with Crippen molar-refractivity contribution in [1.82, 2.24) is 9.97 Å². The Kier molecular flexibility index (Phi) is 2.83. The highest BCUT2D eigenvalue weighted by Crippen LogP contribution is 2.18. The van der Waals surface area contributed by atoms with E-state index in [0.29, 0.717) is 17.2 Å². The number of benzene rings is 1. The highest BCUT2D eigenvalue weighted by atomic mass is 16.3. The lowest BCUT2D eigenvalue weighted by Crippen LogP contribution is -2.01. The SMILES string of the molecule is Cc1cccc(-c2ncc(CO)c(N)n2)c1. The van der Waals surface area contributed by atoms with Crippen LogP contribution in [0.3, 0.4) is 0 Å². The summed E-state index contributed by atoms with van der Waals surface area (Å²) in [5, 5.41) is 8.96. The molecule has 0 atom stereocenters. The van der Waals surface area contributed by atoms with Crippen molar-refractivity contribution in [3.8, 4) is 11.4 Å². The minimum Gasteiger partial charge on any atom is -0.391 e. The fraction of sp³-hybridized carbons (Fsp3) is 0.167. The van der Waals surface area contributed by atoms with Gasteiger partial charge in [-0.05, 0) is 13.0 Å². The molecular weight excluding hydrogens is 202 g/mol. The molecule has 2 aromatic rings. The Balaban J connectivity index is 2.45. The second kappa shape index (κ2) is 4.28. The predicted molar refractivity (Wildman–Crippen MR) is 62.5 cm³/mol. The standard InChI is InChI=1S/C12H13N3O/c1-8-3-2-4-9(5-8)12-14-6-10(7-16)11(13)15-12/h2-6,16H,7H2,1H3,(H2,13,14,15). The van der Waals surface area contributed by atoms with E-state index >= 15 is 0 Å². The summed E-state index contributed by atoms with van der Waals surface area (Å²) in [5.41, 5.74) is 8.32. The lowest BCUT2D eigenvalue weighted by Gasteiger charge is -2.05. The van der Waals surface area contributed by atoms with Gasteiger partial charge >= 0.3 is 0 Å². The van der Waals surface area contributed by atoms with Crippen LogP contribution < -0.4 is 5.73 Å². The van der Waals surface area contributed by atoms with Gasteiger partial charge in [-0.25, -0.2) is 9.97 Å². The molecule has 0 unspecified atom stereocenters. The van der Waals surface area contributed by atoms with E-state index in [1.165, 1.54) is 0 Å². The molecule has 1 heterocycles. The van der Waals surface area contributed by atoms with Crippen molar-refractivity contribution in [2.45, 2.75) is 13.5 Å². The smallest absolute Gasteiger partial charge is 0.161 e. The lowest BCUT2D eigenvalue weighted by atomic mass is 10.1. The van der Waals surface area contributed by atoms with Crippen LogP contribution in [0.5, 0.6) is 0 Å². The third-order valence-corrected chi connectivity index (χ3v) is 2.34. The average Bonchev–Trinajstić information content (AvgIpc) is 2.29. The molecule has 0 bridgehead atoms. The van der Waals surface area contributed by atoms with Crippen molar-refractivity contribution in [2.24, 2.45) is 0 Å². The number of rotatable bonds is 2. The van der Waals surface area contributed by atoms with Gasteiger partial charge in [-0.15, -0.1) is 0 Å². The summed E-state index contributed by atoms with van der Waals surface area (Å²) in [7, 11) is 0. The molecule has 0 aliphatic rings. The number of nitrogens with zero attached hydrogens (tertiary/aromatic N) is 2. The molecule has 2 rings (SSSR count). The largest absolute Gasteiger partial charge is 0.391 e. The topological polar surface area (TPSA) is 72.0 Å². The van der Waals surface area contributed by atoms with Crippen molar-refractivity contribution in [3.05, 3.63) is 41.6 Å². The summed E-state index contributed by atoms with van der Waals surface area (Å²) >= 11 is 0. The Morgan fingerprint density at radius 3 is 2.81 bits per heavy atom. The Labute approximate surface area is 93.8 Å². The Morgan fingerprint density at radius 1 is 1.38 bits per heavy atom. The lowest BCUT2D eigenvalue weighted by molar-refractivity contribution is 0.281. The molecule has 0 aliphatic heterocycles. The fourth-order valence-electron chi connectivity index (χ4n) is 1.47. The van der Waals surface area contributed by atoms with Gasteiger partial charge in [0.1, 0.15) is 5.82 Å². The first-order valence-corrected chi connectivity index (χ1v) is 5.00. The van der Waals surface area contributed by atoms with E-state index in [1.807, 2.05) is 31.2 Å². The maximum Gasteiger partial charge on any atom is 0.161 e. The second-order valence-electron chi connectivity index (χ2n) is 3.63. The van der Waals surface area contributed by atoms with E-state index in [-0.39, 0.29) is 6.61 Å². The minimum atomic E-state index is -0.139. The Morgan fingerprint density at radius 2 is 2.19 bits per heavy atom. The highest BCUT2D eigenvalue weighted by molar-refractivity contribution is 5.58. The van der Waals surface area contributed by atoms with E-state index in [0.717, 1.165) is 11.1 Å². The first-order chi connectivity index (χ1) is 7.70. The molecule has 0 saturated heterocycles. The minimum absolute atomic E-state index is 0.139. The molecule has 82 valence electrons. The molecule has 0 saturated carbocycles. The molecule has 1 aromatic heterocycles. The number of hydrogen-bond acceptors (Lipinski definition) is 4. The van der Waals surface area contributed by atoms with Crippen LogP contribution in [0.1, 0.15) is 11.1 Å². The van der Waals surface area contributed by atoms with Gasteiger partial charge < -0.3 is 10.8 Å². The third kappa shape index (κ3) is 2.01. The molecule has 4 nitrogen and oxygen atoms in total. The van der Waals surface area contributed by atoms with Crippen molar-refractivity contribution < 1.29 is 5.11 Å². The molecule has 3 N–H and O–H groups in total. The van der Waals surface area contributed by atoms with Gasteiger partial charge in [0.05, 0.1) is 6.61 Å². The quantitative estimate of drug-likeness (QED) is 0.796. The highest BCUT2D eigenvalue weighted by Gasteiger charge is 2.05. The van der Waals surface area contributed by atoms with Gasteiger partial charge in [0.2, 0.25) is 0 Å². The zero-order chi connectivity index (χ0) is 11.5. The molecule has 0 fully saturated rings. The van der Waals surface area contributed by atoms with E-state index in [9.17, 15) is 0 Å². The first kappa shape index (κ1) is 10.6. The summed E-state index contributed by atoms with van der Waals surface area (Å²) < 4.78 is 0. The molecule has 1 aromatic carbocycles. The summed E-state index contributed by atoms with van der Waals surface area (Å²) in [6, 6.07) is 7.88. The first-order valence-electron chi connectivity index (χ1n) is 5.00. The number of aromatic nitrogens is 2. The van der Waals surface area contributed by atoms with E-state index < -0.39 is 0 Å². The van der Waals surface area contributed by atoms with Crippen molar-refractivity contribution in [2.75, 3.05) is 5.73 Å². The molecule has 16 heavy (non-hydrogen) atoms. The van der Waals surface area contributed by atoms with Crippen molar-refractivity contribution >= 4 is 5.82 Å². The van der Waals surface area contributed by atoms with Crippen molar-refractivity contribution in [1.29, 1.82) is 0 Å². The molecule has 0 aliphatic carbocycles.